The minimum atomic E-state index is 0.671. The van der Waals surface area contributed by atoms with Crippen molar-refractivity contribution < 1.29 is 4.79 Å². The third-order valence-corrected chi connectivity index (χ3v) is 3.22. The zero-order valence-corrected chi connectivity index (χ0v) is 11.0. The number of rotatable bonds is 3. The summed E-state index contributed by atoms with van der Waals surface area (Å²) in [6.07, 6.45) is 0.846. The van der Waals surface area contributed by atoms with Gasteiger partial charge in [-0.3, -0.25) is 9.80 Å². The second-order valence-corrected chi connectivity index (χ2v) is 4.50. The molecule has 5 heteroatoms. The van der Waals surface area contributed by atoms with Gasteiger partial charge < -0.3 is 0 Å². The van der Waals surface area contributed by atoms with Gasteiger partial charge in [-0.2, -0.15) is 0 Å². The van der Waals surface area contributed by atoms with Gasteiger partial charge in [0, 0.05) is 18.2 Å². The molecular weight excluding hydrogens is 252 g/mol. The summed E-state index contributed by atoms with van der Waals surface area (Å²) in [6, 6.07) is 15.5. The van der Waals surface area contributed by atoms with Crippen LogP contribution in [0.2, 0.25) is 0 Å². The van der Waals surface area contributed by atoms with E-state index in [-0.39, 0.29) is 0 Å². The van der Waals surface area contributed by atoms with Crippen LogP contribution < -0.4 is 11.1 Å². The minimum Gasteiger partial charge on any atom is -0.298 e. The first-order chi connectivity index (χ1) is 9.79. The Morgan fingerprint density at radius 3 is 2.35 bits per heavy atom. The van der Waals surface area contributed by atoms with Crippen LogP contribution in [0.3, 0.4) is 0 Å². The Hall–Kier alpha value is -2.66. The Bertz CT molecular complexity index is 664. The van der Waals surface area contributed by atoms with Gasteiger partial charge in [0.15, 0.2) is 5.84 Å². The van der Waals surface area contributed by atoms with Crippen LogP contribution in [0, 0.1) is 0 Å². The Labute approximate surface area is 116 Å². The molecule has 0 radical (unpaired) electrons. The lowest BCUT2D eigenvalue weighted by atomic mass is 9.98. The first-order valence-corrected chi connectivity index (χ1v) is 6.26. The van der Waals surface area contributed by atoms with E-state index in [1.54, 1.807) is 0 Å². The third kappa shape index (κ3) is 2.15. The fraction of sp³-hybridized carbons (Fsp3) is 0.0667. The SMILES string of the molecule is CN1NNN=C1c1ccccc1-c1ccc(C=O)cc1. The summed E-state index contributed by atoms with van der Waals surface area (Å²) >= 11 is 0. The van der Waals surface area contributed by atoms with Crippen molar-refractivity contribution in [2.24, 2.45) is 5.10 Å². The average Bonchev–Trinajstić information content (AvgIpc) is 2.93. The molecule has 5 nitrogen and oxygen atoms in total. The summed E-state index contributed by atoms with van der Waals surface area (Å²) in [5, 5.41) is 6.05. The number of hydrogen-bond acceptors (Lipinski definition) is 5. The smallest absolute Gasteiger partial charge is 0.173 e. The Morgan fingerprint density at radius 2 is 1.75 bits per heavy atom. The molecule has 0 unspecified atom stereocenters. The molecule has 0 amide bonds. The van der Waals surface area contributed by atoms with Crippen LogP contribution in [-0.2, 0) is 0 Å². The highest BCUT2D eigenvalue weighted by Gasteiger charge is 2.18. The molecule has 0 fully saturated rings. The number of aldehydes is 1. The Morgan fingerprint density at radius 1 is 1.05 bits per heavy atom. The molecule has 0 bridgehead atoms. The molecule has 1 aliphatic heterocycles. The van der Waals surface area contributed by atoms with Crippen molar-refractivity contribution in [2.45, 2.75) is 0 Å². The molecular formula is C15H14N4O. The van der Waals surface area contributed by atoms with Gasteiger partial charge in [-0.1, -0.05) is 48.5 Å². The maximum atomic E-state index is 10.7. The standard InChI is InChI=1S/C15H14N4O/c1-19-15(16-17-18-19)14-5-3-2-4-13(14)12-8-6-11(10-20)7-9-12/h2-10,17-18H,1H3. The minimum absolute atomic E-state index is 0.671. The summed E-state index contributed by atoms with van der Waals surface area (Å²) in [7, 11) is 1.89. The van der Waals surface area contributed by atoms with Crippen LogP contribution in [0.25, 0.3) is 11.1 Å². The topological polar surface area (TPSA) is 56.7 Å². The maximum absolute atomic E-state index is 10.7. The van der Waals surface area contributed by atoms with Crippen molar-refractivity contribution in [1.82, 2.24) is 16.1 Å². The molecule has 1 heterocycles. The van der Waals surface area contributed by atoms with Crippen LogP contribution in [0.4, 0.5) is 0 Å². The van der Waals surface area contributed by atoms with E-state index < -0.39 is 0 Å². The second kappa shape index (κ2) is 5.14. The van der Waals surface area contributed by atoms with Crippen LogP contribution in [-0.4, -0.2) is 24.2 Å². The number of hydrazine groups is 2. The Balaban J connectivity index is 2.07. The number of nitrogens with one attached hydrogen (secondary N) is 2. The highest BCUT2D eigenvalue weighted by molar-refractivity contribution is 6.04. The van der Waals surface area contributed by atoms with E-state index in [9.17, 15) is 4.79 Å². The molecule has 0 spiro atoms. The molecule has 1 aliphatic rings. The summed E-state index contributed by atoms with van der Waals surface area (Å²) in [5.41, 5.74) is 9.44. The van der Waals surface area contributed by atoms with Crippen LogP contribution >= 0.6 is 0 Å². The van der Waals surface area contributed by atoms with Gasteiger partial charge in [0.1, 0.15) is 6.29 Å². The van der Waals surface area contributed by atoms with Gasteiger partial charge in [0.2, 0.25) is 0 Å². The van der Waals surface area contributed by atoms with Crippen LogP contribution in [0.15, 0.2) is 53.6 Å². The van der Waals surface area contributed by atoms with Crippen LogP contribution in [0.5, 0.6) is 0 Å². The fourth-order valence-corrected chi connectivity index (χ4v) is 2.19. The quantitative estimate of drug-likeness (QED) is 0.832. The number of hydrazone groups is 1. The number of amidine groups is 1. The molecule has 0 saturated carbocycles. The van der Waals surface area contributed by atoms with Crippen molar-refractivity contribution in [3.63, 3.8) is 0 Å². The van der Waals surface area contributed by atoms with E-state index in [4.69, 9.17) is 0 Å². The fourth-order valence-electron chi connectivity index (χ4n) is 2.19. The molecule has 3 rings (SSSR count). The highest BCUT2D eigenvalue weighted by atomic mass is 16.1. The first kappa shape index (κ1) is 12.4. The summed E-state index contributed by atoms with van der Waals surface area (Å²) in [4.78, 5) is 10.7. The number of benzene rings is 2. The third-order valence-electron chi connectivity index (χ3n) is 3.22. The molecule has 2 aromatic carbocycles. The van der Waals surface area contributed by atoms with Crippen molar-refractivity contribution in [2.75, 3.05) is 7.05 Å². The number of hydrogen-bond donors (Lipinski definition) is 2. The lowest BCUT2D eigenvalue weighted by Crippen LogP contribution is -2.37. The number of carbonyl (C=O) groups excluding carboxylic acids is 1. The van der Waals surface area contributed by atoms with E-state index in [2.05, 4.69) is 16.2 Å². The van der Waals surface area contributed by atoms with Gasteiger partial charge >= 0.3 is 0 Å². The zero-order valence-electron chi connectivity index (χ0n) is 11.0. The van der Waals surface area contributed by atoms with E-state index >= 15 is 0 Å². The number of nitrogens with zero attached hydrogens (tertiary/aromatic N) is 2. The van der Waals surface area contributed by atoms with Crippen molar-refractivity contribution in [1.29, 1.82) is 0 Å². The predicted octanol–water partition coefficient (Wildman–Crippen LogP) is 1.78. The molecule has 0 aromatic heterocycles. The summed E-state index contributed by atoms with van der Waals surface area (Å²) in [6.45, 7) is 0. The van der Waals surface area contributed by atoms with Gasteiger partial charge in [-0.15, -0.1) is 10.6 Å². The lowest BCUT2D eigenvalue weighted by Gasteiger charge is -2.15. The van der Waals surface area contributed by atoms with Gasteiger partial charge in [0.05, 0.1) is 0 Å². The highest BCUT2D eigenvalue weighted by Crippen LogP contribution is 2.25. The first-order valence-electron chi connectivity index (χ1n) is 6.26. The molecule has 2 N–H and O–H groups in total. The molecule has 0 atom stereocenters. The largest absolute Gasteiger partial charge is 0.298 e. The lowest BCUT2D eigenvalue weighted by molar-refractivity contribution is 0.112. The monoisotopic (exact) mass is 266 g/mol. The normalized spacial score (nSPS) is 13.8. The van der Waals surface area contributed by atoms with Gasteiger partial charge in [0.25, 0.3) is 0 Å². The summed E-state index contributed by atoms with van der Waals surface area (Å²) < 4.78 is 0. The zero-order chi connectivity index (χ0) is 13.9. The molecule has 0 saturated heterocycles. The Kier molecular flexibility index (Phi) is 3.18. The van der Waals surface area contributed by atoms with Crippen molar-refractivity contribution in [3.8, 4) is 11.1 Å². The van der Waals surface area contributed by atoms with E-state index in [1.165, 1.54) is 0 Å². The molecule has 0 aliphatic carbocycles. The van der Waals surface area contributed by atoms with E-state index in [0.29, 0.717) is 5.56 Å². The van der Waals surface area contributed by atoms with E-state index in [1.807, 2.05) is 60.6 Å². The molecule has 20 heavy (non-hydrogen) atoms. The predicted molar refractivity (Wildman–Crippen MR) is 77.8 cm³/mol. The van der Waals surface area contributed by atoms with Gasteiger partial charge in [-0.05, 0) is 11.1 Å². The summed E-state index contributed by atoms with van der Waals surface area (Å²) in [5.74, 6) is 0.820. The second-order valence-electron chi connectivity index (χ2n) is 4.50. The average molecular weight is 266 g/mol. The molecule has 2 aromatic rings. The molecule has 100 valence electrons. The number of carbonyl (C=O) groups is 1. The van der Waals surface area contributed by atoms with Crippen LogP contribution in [0.1, 0.15) is 15.9 Å². The van der Waals surface area contributed by atoms with E-state index in [0.717, 1.165) is 28.8 Å². The van der Waals surface area contributed by atoms with Crippen molar-refractivity contribution in [3.05, 3.63) is 59.7 Å². The van der Waals surface area contributed by atoms with Crippen molar-refractivity contribution >= 4 is 12.1 Å². The van der Waals surface area contributed by atoms with Gasteiger partial charge in [-0.25, -0.2) is 5.53 Å². The maximum Gasteiger partial charge on any atom is 0.173 e.